The lowest BCUT2D eigenvalue weighted by Gasteiger charge is -2.33. The number of esters is 3. The third-order valence-corrected chi connectivity index (χ3v) is 5.29. The maximum absolute atomic E-state index is 12.4. The van der Waals surface area contributed by atoms with Crippen LogP contribution in [0, 0.1) is 11.8 Å². The summed E-state index contributed by atoms with van der Waals surface area (Å²) < 4.78 is 15.7. The zero-order valence-corrected chi connectivity index (χ0v) is 15.8. The largest absolute Gasteiger partial charge is 0.465 e. The van der Waals surface area contributed by atoms with Gasteiger partial charge in [-0.15, -0.1) is 0 Å². The summed E-state index contributed by atoms with van der Waals surface area (Å²) in [6, 6.07) is 0. The topological polar surface area (TPSA) is 119 Å². The molecule has 0 radical (unpaired) electrons. The fraction of sp³-hybridized carbons (Fsp3) is 0.650. The second kappa shape index (κ2) is 10.4. The van der Waals surface area contributed by atoms with Gasteiger partial charge in [-0.1, -0.05) is 13.2 Å². The zero-order chi connectivity index (χ0) is 20.7. The number of aliphatic hydroxyl groups excluding tert-OH is 2. The van der Waals surface area contributed by atoms with Crippen molar-refractivity contribution in [3.63, 3.8) is 0 Å². The highest BCUT2D eigenvalue weighted by Gasteiger charge is 2.37. The molecule has 156 valence electrons. The first-order valence-corrected chi connectivity index (χ1v) is 9.52. The minimum atomic E-state index is -0.812. The van der Waals surface area contributed by atoms with Crippen LogP contribution in [0.1, 0.15) is 38.5 Å². The van der Waals surface area contributed by atoms with Crippen molar-refractivity contribution >= 4 is 17.9 Å². The van der Waals surface area contributed by atoms with Gasteiger partial charge in [0.2, 0.25) is 0 Å². The number of carbonyl (C=O) groups excluding carboxylic acids is 3. The van der Waals surface area contributed by atoms with Gasteiger partial charge in [-0.2, -0.15) is 0 Å². The van der Waals surface area contributed by atoms with Gasteiger partial charge in [-0.25, -0.2) is 9.59 Å². The molecule has 0 aromatic carbocycles. The molecular formula is C20H28O8. The van der Waals surface area contributed by atoms with Crippen molar-refractivity contribution in [3.05, 3.63) is 25.3 Å². The Balaban J connectivity index is 1.82. The molecule has 8 nitrogen and oxygen atoms in total. The first-order valence-electron chi connectivity index (χ1n) is 9.52. The van der Waals surface area contributed by atoms with E-state index in [0.29, 0.717) is 32.1 Å². The van der Waals surface area contributed by atoms with Crippen LogP contribution in [-0.4, -0.2) is 59.1 Å². The molecule has 2 rings (SSSR count). The van der Waals surface area contributed by atoms with E-state index in [1.165, 1.54) is 0 Å². The van der Waals surface area contributed by atoms with E-state index in [2.05, 4.69) is 13.2 Å². The van der Waals surface area contributed by atoms with Crippen molar-refractivity contribution < 1.29 is 38.8 Å². The van der Waals surface area contributed by atoms with Crippen molar-refractivity contribution in [1.29, 1.82) is 0 Å². The van der Waals surface area contributed by atoms with Crippen LogP contribution in [0.25, 0.3) is 0 Å². The van der Waals surface area contributed by atoms with Gasteiger partial charge in [0.25, 0.3) is 0 Å². The first kappa shape index (κ1) is 22.1. The van der Waals surface area contributed by atoms with Gasteiger partial charge in [-0.3, -0.25) is 4.79 Å². The number of aliphatic hydroxyl groups is 2. The Morgan fingerprint density at radius 2 is 1.39 bits per heavy atom. The van der Waals surface area contributed by atoms with Gasteiger partial charge in [0.15, 0.2) is 0 Å². The lowest BCUT2D eigenvalue weighted by Crippen LogP contribution is -2.41. The molecule has 6 unspecified atom stereocenters. The summed E-state index contributed by atoms with van der Waals surface area (Å²) in [4.78, 5) is 35.1. The van der Waals surface area contributed by atoms with E-state index in [1.807, 2.05) is 0 Å². The summed E-state index contributed by atoms with van der Waals surface area (Å²) in [6.07, 6.45) is 1.59. The SMILES string of the molecule is C=CC(=O)OC1CC(COC(=O)C2CCC(O)C(OC(=O)C=C)C2)CCC1O. The molecule has 0 bridgehead atoms. The van der Waals surface area contributed by atoms with Crippen molar-refractivity contribution in [2.45, 2.75) is 62.9 Å². The summed E-state index contributed by atoms with van der Waals surface area (Å²) in [5.41, 5.74) is 0. The minimum absolute atomic E-state index is 0.0291. The van der Waals surface area contributed by atoms with E-state index in [-0.39, 0.29) is 18.9 Å². The molecule has 6 atom stereocenters. The summed E-state index contributed by atoms with van der Waals surface area (Å²) in [5.74, 6) is -2.13. The van der Waals surface area contributed by atoms with E-state index in [0.717, 1.165) is 12.2 Å². The standard InChI is InChI=1S/C20H28O8/c1-3-18(23)27-16-9-12(5-7-14(16)21)11-26-20(25)13-6-8-15(22)17(10-13)28-19(24)4-2/h3-4,12-17,21-22H,1-2,5-11H2. The Kier molecular flexibility index (Phi) is 8.19. The van der Waals surface area contributed by atoms with Gasteiger partial charge < -0.3 is 24.4 Å². The van der Waals surface area contributed by atoms with E-state index in [4.69, 9.17) is 14.2 Å². The van der Waals surface area contributed by atoms with Crippen LogP contribution < -0.4 is 0 Å². The van der Waals surface area contributed by atoms with Gasteiger partial charge >= 0.3 is 17.9 Å². The molecule has 0 spiro atoms. The summed E-state index contributed by atoms with van der Waals surface area (Å²) in [6.45, 7) is 6.81. The predicted molar refractivity (Wildman–Crippen MR) is 97.8 cm³/mol. The van der Waals surface area contributed by atoms with E-state index in [9.17, 15) is 24.6 Å². The summed E-state index contributed by atoms with van der Waals surface area (Å²) in [5, 5.41) is 19.9. The highest BCUT2D eigenvalue weighted by molar-refractivity contribution is 5.81. The fourth-order valence-electron chi connectivity index (χ4n) is 3.64. The van der Waals surface area contributed by atoms with Crippen LogP contribution in [0.4, 0.5) is 0 Å². The Morgan fingerprint density at radius 3 is 1.96 bits per heavy atom. The smallest absolute Gasteiger partial charge is 0.330 e. The Hall–Kier alpha value is -2.19. The Morgan fingerprint density at radius 1 is 0.857 bits per heavy atom. The molecular weight excluding hydrogens is 368 g/mol. The molecule has 2 N–H and O–H groups in total. The van der Waals surface area contributed by atoms with Gasteiger partial charge in [-0.05, 0) is 38.0 Å². The second-order valence-corrected chi connectivity index (χ2v) is 7.31. The molecule has 0 aromatic rings. The summed E-state index contributed by atoms with van der Waals surface area (Å²) >= 11 is 0. The average molecular weight is 396 g/mol. The van der Waals surface area contributed by atoms with Crippen molar-refractivity contribution in [3.8, 4) is 0 Å². The lowest BCUT2D eigenvalue weighted by molar-refractivity contribution is -0.165. The van der Waals surface area contributed by atoms with Gasteiger partial charge in [0.1, 0.15) is 12.2 Å². The first-order chi connectivity index (χ1) is 13.3. The number of carbonyl (C=O) groups is 3. The molecule has 28 heavy (non-hydrogen) atoms. The minimum Gasteiger partial charge on any atom is -0.465 e. The normalized spacial score (nSPS) is 32.6. The third-order valence-electron chi connectivity index (χ3n) is 5.29. The highest BCUT2D eigenvalue weighted by atomic mass is 16.6. The predicted octanol–water partition coefficient (Wildman–Crippen LogP) is 1.05. The van der Waals surface area contributed by atoms with Crippen LogP contribution in [-0.2, 0) is 28.6 Å². The molecule has 0 aliphatic heterocycles. The Bertz CT molecular complexity index is 601. The molecule has 8 heteroatoms. The molecule has 2 fully saturated rings. The molecule has 0 aromatic heterocycles. The van der Waals surface area contributed by atoms with Crippen LogP contribution in [0.15, 0.2) is 25.3 Å². The third kappa shape index (κ3) is 6.17. The van der Waals surface area contributed by atoms with Gasteiger partial charge in [0, 0.05) is 18.6 Å². The number of rotatable bonds is 7. The maximum Gasteiger partial charge on any atom is 0.330 e. The van der Waals surface area contributed by atoms with Crippen molar-refractivity contribution in [1.82, 2.24) is 0 Å². The monoisotopic (exact) mass is 396 g/mol. The van der Waals surface area contributed by atoms with Crippen molar-refractivity contribution in [2.24, 2.45) is 11.8 Å². The van der Waals surface area contributed by atoms with E-state index >= 15 is 0 Å². The highest BCUT2D eigenvalue weighted by Crippen LogP contribution is 2.30. The number of hydrogen-bond acceptors (Lipinski definition) is 8. The zero-order valence-electron chi connectivity index (χ0n) is 15.8. The molecule has 2 aliphatic rings. The quantitative estimate of drug-likeness (QED) is 0.372. The molecule has 0 amide bonds. The summed E-state index contributed by atoms with van der Waals surface area (Å²) in [7, 11) is 0. The maximum atomic E-state index is 12.4. The lowest BCUT2D eigenvalue weighted by atomic mass is 9.84. The van der Waals surface area contributed by atoms with Crippen LogP contribution in [0.2, 0.25) is 0 Å². The van der Waals surface area contributed by atoms with Crippen LogP contribution in [0.5, 0.6) is 0 Å². The van der Waals surface area contributed by atoms with E-state index in [1.54, 1.807) is 0 Å². The van der Waals surface area contributed by atoms with Crippen molar-refractivity contribution in [2.75, 3.05) is 6.61 Å². The molecule has 0 saturated heterocycles. The fourth-order valence-corrected chi connectivity index (χ4v) is 3.64. The number of hydrogen-bond donors (Lipinski definition) is 2. The van der Waals surface area contributed by atoms with Crippen LogP contribution >= 0.6 is 0 Å². The van der Waals surface area contributed by atoms with E-state index < -0.39 is 48.2 Å². The van der Waals surface area contributed by atoms with Gasteiger partial charge in [0.05, 0.1) is 24.7 Å². The molecule has 2 aliphatic carbocycles. The second-order valence-electron chi connectivity index (χ2n) is 7.31. The molecule has 2 saturated carbocycles. The Labute approximate surface area is 164 Å². The average Bonchev–Trinajstić information content (AvgIpc) is 2.69. The van der Waals surface area contributed by atoms with Crippen LogP contribution in [0.3, 0.4) is 0 Å². The number of ether oxygens (including phenoxy) is 3. The molecule has 0 heterocycles.